The van der Waals surface area contributed by atoms with Gasteiger partial charge in [-0.2, -0.15) is 0 Å². The maximum absolute atomic E-state index is 9.94. The number of benzene rings is 1. The van der Waals surface area contributed by atoms with Crippen LogP contribution in [0.5, 0.6) is 5.75 Å². The number of hydrogen-bond donors (Lipinski definition) is 1. The lowest BCUT2D eigenvalue weighted by atomic mass is 10.2. The number of likely N-dealkylation sites (N-methyl/N-ethyl adjacent to an activating group) is 1. The largest absolute Gasteiger partial charge is 0.508 e. The van der Waals surface area contributed by atoms with Gasteiger partial charge in [-0.15, -0.1) is 11.3 Å². The second-order valence-corrected chi connectivity index (χ2v) is 9.52. The van der Waals surface area contributed by atoms with E-state index in [1.165, 1.54) is 17.8 Å². The average Bonchev–Trinajstić information content (AvgIpc) is 3.08. The van der Waals surface area contributed by atoms with E-state index in [4.69, 9.17) is 14.7 Å². The normalized spacial score (nSPS) is 19.1. The first-order valence-electron chi connectivity index (χ1n) is 11.0. The summed E-state index contributed by atoms with van der Waals surface area (Å²) in [6.45, 7) is 8.57. The van der Waals surface area contributed by atoms with Crippen LogP contribution in [0.1, 0.15) is 11.3 Å². The molecule has 0 amide bonds. The minimum absolute atomic E-state index is 0.228. The van der Waals surface area contributed by atoms with E-state index in [0.717, 1.165) is 60.9 Å². The Morgan fingerprint density at radius 1 is 1.03 bits per heavy atom. The number of morpholine rings is 1. The molecule has 2 aromatic heterocycles. The molecule has 5 rings (SSSR count). The van der Waals surface area contributed by atoms with Crippen molar-refractivity contribution in [1.29, 1.82) is 0 Å². The second kappa shape index (κ2) is 9.08. The van der Waals surface area contributed by atoms with Crippen LogP contribution >= 0.6 is 11.3 Å². The number of aromatic hydroxyl groups is 1. The molecule has 0 aliphatic carbocycles. The van der Waals surface area contributed by atoms with E-state index < -0.39 is 0 Å². The Balaban J connectivity index is 1.51. The Morgan fingerprint density at radius 3 is 2.74 bits per heavy atom. The molecule has 0 bridgehead atoms. The molecule has 0 atom stereocenters. The monoisotopic (exact) mass is 439 g/mol. The molecule has 1 aromatic carbocycles. The molecule has 8 heteroatoms. The number of ether oxygens (including phenoxy) is 1. The van der Waals surface area contributed by atoms with Crippen LogP contribution in [0.4, 0.5) is 5.82 Å². The van der Waals surface area contributed by atoms with Gasteiger partial charge >= 0.3 is 0 Å². The zero-order chi connectivity index (χ0) is 21.2. The van der Waals surface area contributed by atoms with Crippen LogP contribution in [0.25, 0.3) is 21.6 Å². The average molecular weight is 440 g/mol. The van der Waals surface area contributed by atoms with Crippen LogP contribution in [-0.4, -0.2) is 84.4 Å². The SMILES string of the molecule is CN1CCCN(Cc2cc3nc(-c4cccc(O)c4)nc(N4CCOCC4)c3s2)CC1. The van der Waals surface area contributed by atoms with Crippen LogP contribution < -0.4 is 4.90 Å². The van der Waals surface area contributed by atoms with Gasteiger partial charge in [-0.3, -0.25) is 4.90 Å². The summed E-state index contributed by atoms with van der Waals surface area (Å²) in [7, 11) is 2.20. The van der Waals surface area contributed by atoms with E-state index in [1.807, 2.05) is 23.5 Å². The summed E-state index contributed by atoms with van der Waals surface area (Å²) in [6, 6.07) is 9.41. The lowest BCUT2D eigenvalue weighted by molar-refractivity contribution is 0.122. The summed E-state index contributed by atoms with van der Waals surface area (Å²) in [4.78, 5) is 18.4. The highest BCUT2D eigenvalue weighted by Crippen LogP contribution is 2.35. The van der Waals surface area contributed by atoms with Crippen molar-refractivity contribution in [1.82, 2.24) is 19.8 Å². The fourth-order valence-electron chi connectivity index (χ4n) is 4.28. The Labute approximate surface area is 186 Å². The number of hydrogen-bond acceptors (Lipinski definition) is 8. The zero-order valence-electron chi connectivity index (χ0n) is 18.0. The number of phenols is 1. The van der Waals surface area contributed by atoms with Crippen LogP contribution in [0.15, 0.2) is 30.3 Å². The molecule has 3 aromatic rings. The number of thiophene rings is 1. The van der Waals surface area contributed by atoms with Crippen molar-refractivity contribution in [2.45, 2.75) is 13.0 Å². The maximum Gasteiger partial charge on any atom is 0.162 e. The molecule has 2 fully saturated rings. The quantitative estimate of drug-likeness (QED) is 0.670. The third-order valence-electron chi connectivity index (χ3n) is 6.01. The Hall–Kier alpha value is -2.26. The van der Waals surface area contributed by atoms with Crippen LogP contribution in [0, 0.1) is 0 Å². The molecular formula is C23H29N5O2S. The molecule has 0 unspecified atom stereocenters. The first-order valence-corrected chi connectivity index (χ1v) is 11.8. The smallest absolute Gasteiger partial charge is 0.162 e. The summed E-state index contributed by atoms with van der Waals surface area (Å²) in [6.07, 6.45) is 1.21. The first kappa shape index (κ1) is 20.6. The highest BCUT2D eigenvalue weighted by atomic mass is 32.1. The van der Waals surface area contributed by atoms with Crippen LogP contribution in [0.3, 0.4) is 0 Å². The van der Waals surface area contributed by atoms with Crippen molar-refractivity contribution in [2.75, 3.05) is 64.4 Å². The lowest BCUT2D eigenvalue weighted by Crippen LogP contribution is -2.36. The van der Waals surface area contributed by atoms with Gasteiger partial charge in [-0.05, 0) is 44.8 Å². The molecule has 1 N–H and O–H groups in total. The van der Waals surface area contributed by atoms with Gasteiger partial charge in [0.25, 0.3) is 0 Å². The van der Waals surface area contributed by atoms with Gasteiger partial charge in [0.05, 0.1) is 23.4 Å². The first-order chi connectivity index (χ1) is 15.2. The maximum atomic E-state index is 9.94. The van der Waals surface area contributed by atoms with E-state index in [0.29, 0.717) is 19.0 Å². The molecule has 2 aliphatic rings. The van der Waals surface area contributed by atoms with Crippen molar-refractivity contribution >= 4 is 27.4 Å². The van der Waals surface area contributed by atoms with Crippen LogP contribution in [-0.2, 0) is 11.3 Å². The molecule has 7 nitrogen and oxygen atoms in total. The summed E-state index contributed by atoms with van der Waals surface area (Å²) < 4.78 is 6.71. The predicted octanol–water partition coefficient (Wildman–Crippen LogP) is 3.04. The number of phenolic OH excluding ortho intramolecular Hbond substituents is 1. The van der Waals surface area contributed by atoms with Gasteiger partial charge in [0.15, 0.2) is 11.6 Å². The number of aromatic nitrogens is 2. The summed E-state index contributed by atoms with van der Waals surface area (Å²) in [5.74, 6) is 1.87. The van der Waals surface area contributed by atoms with E-state index in [-0.39, 0.29) is 5.75 Å². The minimum Gasteiger partial charge on any atom is -0.508 e. The fraction of sp³-hybridized carbons (Fsp3) is 0.478. The standard InChI is InChI=1S/C23H29N5O2S/c1-26-6-3-7-27(9-8-26)16-19-15-20-21(31-19)23(28-10-12-30-13-11-28)25-22(24-20)17-4-2-5-18(29)14-17/h2,4-5,14-15,29H,3,6-13,16H2,1H3. The molecular weight excluding hydrogens is 410 g/mol. The topological polar surface area (TPSA) is 65.0 Å². The summed E-state index contributed by atoms with van der Waals surface area (Å²) in [5.41, 5.74) is 1.82. The molecule has 4 heterocycles. The fourth-order valence-corrected chi connectivity index (χ4v) is 5.44. The minimum atomic E-state index is 0.228. The molecule has 2 saturated heterocycles. The predicted molar refractivity (Wildman–Crippen MR) is 125 cm³/mol. The summed E-state index contributed by atoms with van der Waals surface area (Å²) in [5, 5.41) is 9.94. The van der Waals surface area contributed by atoms with Crippen molar-refractivity contribution in [3.8, 4) is 17.1 Å². The Kier molecular flexibility index (Phi) is 6.04. The molecule has 0 saturated carbocycles. The Morgan fingerprint density at radius 2 is 1.90 bits per heavy atom. The molecule has 31 heavy (non-hydrogen) atoms. The number of rotatable bonds is 4. The molecule has 2 aliphatic heterocycles. The van der Waals surface area contributed by atoms with Crippen molar-refractivity contribution in [3.05, 3.63) is 35.2 Å². The molecule has 0 radical (unpaired) electrons. The summed E-state index contributed by atoms with van der Waals surface area (Å²) >= 11 is 1.81. The zero-order valence-corrected chi connectivity index (χ0v) is 18.8. The van der Waals surface area contributed by atoms with Gasteiger partial charge in [0, 0.05) is 43.2 Å². The van der Waals surface area contributed by atoms with Gasteiger partial charge in [-0.1, -0.05) is 12.1 Å². The van der Waals surface area contributed by atoms with Gasteiger partial charge in [-0.25, -0.2) is 9.97 Å². The van der Waals surface area contributed by atoms with E-state index in [9.17, 15) is 5.11 Å². The Bertz CT molecular complexity index is 1050. The number of nitrogens with zero attached hydrogens (tertiary/aromatic N) is 5. The van der Waals surface area contributed by atoms with E-state index in [1.54, 1.807) is 12.1 Å². The third kappa shape index (κ3) is 4.67. The highest BCUT2D eigenvalue weighted by molar-refractivity contribution is 7.19. The number of fused-ring (bicyclic) bond motifs is 1. The van der Waals surface area contributed by atoms with E-state index in [2.05, 4.69) is 27.8 Å². The highest BCUT2D eigenvalue weighted by Gasteiger charge is 2.21. The van der Waals surface area contributed by atoms with Gasteiger partial charge in [0.2, 0.25) is 0 Å². The second-order valence-electron chi connectivity index (χ2n) is 8.38. The number of anilines is 1. The molecule has 164 valence electrons. The van der Waals surface area contributed by atoms with Gasteiger partial charge in [0.1, 0.15) is 5.75 Å². The molecule has 0 spiro atoms. The van der Waals surface area contributed by atoms with Gasteiger partial charge < -0.3 is 19.6 Å². The third-order valence-corrected chi connectivity index (χ3v) is 7.12. The van der Waals surface area contributed by atoms with E-state index >= 15 is 0 Å². The lowest BCUT2D eigenvalue weighted by Gasteiger charge is -2.28. The van der Waals surface area contributed by atoms with Crippen LogP contribution in [0.2, 0.25) is 0 Å². The van der Waals surface area contributed by atoms with Crippen molar-refractivity contribution in [3.63, 3.8) is 0 Å². The van der Waals surface area contributed by atoms with Crippen molar-refractivity contribution in [2.24, 2.45) is 0 Å². The van der Waals surface area contributed by atoms with Crippen molar-refractivity contribution < 1.29 is 9.84 Å².